The molecule has 0 saturated carbocycles. The van der Waals surface area contributed by atoms with Crippen molar-refractivity contribution in [3.05, 3.63) is 23.8 Å². The average Bonchev–Trinajstić information content (AvgIpc) is 2.05. The molecule has 0 aliphatic heterocycles. The minimum Gasteiger partial charge on any atom is -0.392 e. The second kappa shape index (κ2) is 4.01. The Bertz CT molecular complexity index is 265. The van der Waals surface area contributed by atoms with E-state index in [1.165, 1.54) is 12.3 Å². The first-order chi connectivity index (χ1) is 5.77. The minimum atomic E-state index is -0.539. The van der Waals surface area contributed by atoms with Gasteiger partial charge in [0.1, 0.15) is 0 Å². The predicted octanol–water partition coefficient (Wildman–Crippen LogP) is 1.14. The third kappa shape index (κ3) is 1.92. The van der Waals surface area contributed by atoms with E-state index in [0.29, 0.717) is 17.8 Å². The average molecular weight is 170 g/mol. The van der Waals surface area contributed by atoms with Gasteiger partial charge in [-0.05, 0) is 6.92 Å². The molecule has 0 fully saturated rings. The number of rotatable bonds is 3. The summed E-state index contributed by atoms with van der Waals surface area (Å²) in [5, 5.41) is 11.8. The Morgan fingerprint density at radius 3 is 3.00 bits per heavy atom. The minimum absolute atomic E-state index is 0.129. The smallest absolute Gasteiger partial charge is 0.214 e. The Hall–Kier alpha value is -1.16. The van der Waals surface area contributed by atoms with Crippen molar-refractivity contribution in [1.29, 1.82) is 0 Å². The van der Waals surface area contributed by atoms with Crippen LogP contribution in [0.3, 0.4) is 0 Å². The molecule has 0 radical (unpaired) electrons. The summed E-state index contributed by atoms with van der Waals surface area (Å²) in [7, 11) is 0. The summed E-state index contributed by atoms with van der Waals surface area (Å²) >= 11 is 0. The van der Waals surface area contributed by atoms with E-state index in [1.54, 1.807) is 0 Å². The van der Waals surface area contributed by atoms with Gasteiger partial charge in [0.05, 0.1) is 6.61 Å². The molecule has 1 aromatic heterocycles. The van der Waals surface area contributed by atoms with Gasteiger partial charge in [0.2, 0.25) is 5.95 Å². The molecule has 1 heterocycles. The SMILES string of the molecule is CCNc1cc(F)ncc1CO. The molecule has 0 spiro atoms. The number of aliphatic hydroxyl groups excluding tert-OH is 1. The maximum Gasteiger partial charge on any atom is 0.214 e. The van der Waals surface area contributed by atoms with Crippen molar-refractivity contribution in [2.45, 2.75) is 13.5 Å². The van der Waals surface area contributed by atoms with Crippen LogP contribution in [0, 0.1) is 5.95 Å². The zero-order chi connectivity index (χ0) is 8.97. The van der Waals surface area contributed by atoms with Gasteiger partial charge in [-0.3, -0.25) is 0 Å². The van der Waals surface area contributed by atoms with Crippen molar-refractivity contribution in [2.24, 2.45) is 0 Å². The Morgan fingerprint density at radius 2 is 2.42 bits per heavy atom. The van der Waals surface area contributed by atoms with Crippen LogP contribution in [-0.2, 0) is 6.61 Å². The molecule has 0 aromatic carbocycles. The number of hydrogen-bond acceptors (Lipinski definition) is 3. The zero-order valence-electron chi connectivity index (χ0n) is 6.84. The summed E-state index contributed by atoms with van der Waals surface area (Å²) in [5.74, 6) is -0.539. The lowest BCUT2D eigenvalue weighted by atomic mass is 10.2. The molecule has 0 unspecified atom stereocenters. The van der Waals surface area contributed by atoms with Crippen molar-refractivity contribution in [2.75, 3.05) is 11.9 Å². The molecule has 0 bridgehead atoms. The molecule has 0 saturated heterocycles. The summed E-state index contributed by atoms with van der Waals surface area (Å²) in [5.41, 5.74) is 1.21. The number of aromatic nitrogens is 1. The molecule has 12 heavy (non-hydrogen) atoms. The van der Waals surface area contributed by atoms with Crippen LogP contribution in [0.1, 0.15) is 12.5 Å². The van der Waals surface area contributed by atoms with Gasteiger partial charge in [-0.15, -0.1) is 0 Å². The van der Waals surface area contributed by atoms with Gasteiger partial charge in [-0.2, -0.15) is 4.39 Å². The normalized spacial score (nSPS) is 9.92. The van der Waals surface area contributed by atoms with E-state index in [4.69, 9.17) is 5.11 Å². The summed E-state index contributed by atoms with van der Waals surface area (Å²) in [6.45, 7) is 2.46. The van der Waals surface area contributed by atoms with Gasteiger partial charge in [0, 0.05) is 30.1 Å². The van der Waals surface area contributed by atoms with E-state index in [-0.39, 0.29) is 6.61 Å². The second-order valence-electron chi connectivity index (χ2n) is 2.35. The quantitative estimate of drug-likeness (QED) is 0.669. The van der Waals surface area contributed by atoms with Gasteiger partial charge in [0.25, 0.3) is 0 Å². The molecular weight excluding hydrogens is 159 g/mol. The van der Waals surface area contributed by atoms with Crippen LogP contribution in [0.4, 0.5) is 10.1 Å². The highest BCUT2D eigenvalue weighted by Gasteiger charge is 2.02. The van der Waals surface area contributed by atoms with Crippen LogP contribution in [0.5, 0.6) is 0 Å². The maximum absolute atomic E-state index is 12.6. The van der Waals surface area contributed by atoms with E-state index in [0.717, 1.165) is 0 Å². The first-order valence-corrected chi connectivity index (χ1v) is 3.77. The number of nitrogens with one attached hydrogen (secondary N) is 1. The Labute approximate surface area is 70.3 Å². The molecular formula is C8H11FN2O. The molecule has 3 nitrogen and oxygen atoms in total. The van der Waals surface area contributed by atoms with E-state index in [1.807, 2.05) is 6.92 Å². The highest BCUT2D eigenvalue weighted by Crippen LogP contribution is 2.14. The Morgan fingerprint density at radius 1 is 1.67 bits per heavy atom. The van der Waals surface area contributed by atoms with E-state index < -0.39 is 5.95 Å². The van der Waals surface area contributed by atoms with E-state index in [9.17, 15) is 4.39 Å². The molecule has 0 atom stereocenters. The van der Waals surface area contributed by atoms with Crippen LogP contribution < -0.4 is 5.32 Å². The third-order valence-electron chi connectivity index (χ3n) is 1.49. The molecule has 66 valence electrons. The van der Waals surface area contributed by atoms with E-state index >= 15 is 0 Å². The van der Waals surface area contributed by atoms with Crippen LogP contribution in [-0.4, -0.2) is 16.6 Å². The van der Waals surface area contributed by atoms with Crippen LogP contribution in [0.15, 0.2) is 12.3 Å². The Balaban J connectivity index is 2.95. The van der Waals surface area contributed by atoms with Crippen molar-refractivity contribution >= 4 is 5.69 Å². The van der Waals surface area contributed by atoms with Crippen LogP contribution in [0.2, 0.25) is 0 Å². The number of halogens is 1. The van der Waals surface area contributed by atoms with Crippen molar-refractivity contribution < 1.29 is 9.50 Å². The summed E-state index contributed by atoms with van der Waals surface area (Å²) in [4.78, 5) is 3.43. The van der Waals surface area contributed by atoms with Gasteiger partial charge in [-0.25, -0.2) is 4.98 Å². The number of hydrogen-bond donors (Lipinski definition) is 2. The molecule has 1 rings (SSSR count). The van der Waals surface area contributed by atoms with Gasteiger partial charge in [-0.1, -0.05) is 0 Å². The highest BCUT2D eigenvalue weighted by atomic mass is 19.1. The number of pyridine rings is 1. The molecule has 0 aliphatic rings. The first kappa shape index (κ1) is 8.93. The fourth-order valence-corrected chi connectivity index (χ4v) is 0.939. The van der Waals surface area contributed by atoms with E-state index in [2.05, 4.69) is 10.3 Å². The lowest BCUT2D eigenvalue weighted by molar-refractivity contribution is 0.281. The fraction of sp³-hybridized carbons (Fsp3) is 0.375. The van der Waals surface area contributed by atoms with Crippen molar-refractivity contribution in [1.82, 2.24) is 4.98 Å². The molecule has 2 N–H and O–H groups in total. The molecule has 0 amide bonds. The lowest BCUT2D eigenvalue weighted by Crippen LogP contribution is -2.02. The standard InChI is InChI=1S/C8H11FN2O/c1-2-10-7-3-8(9)11-4-6(7)5-12/h3-4,12H,2,5H2,1H3,(H,10,11). The summed E-state index contributed by atoms with van der Waals surface area (Å²) < 4.78 is 12.6. The number of nitrogens with zero attached hydrogens (tertiary/aromatic N) is 1. The highest BCUT2D eigenvalue weighted by molar-refractivity contribution is 5.49. The molecule has 1 aromatic rings. The summed E-state index contributed by atoms with van der Waals surface area (Å²) in [6, 6.07) is 1.27. The third-order valence-corrected chi connectivity index (χ3v) is 1.49. The second-order valence-corrected chi connectivity index (χ2v) is 2.35. The predicted molar refractivity (Wildman–Crippen MR) is 44.3 cm³/mol. The largest absolute Gasteiger partial charge is 0.392 e. The maximum atomic E-state index is 12.6. The number of aliphatic hydroxyl groups is 1. The van der Waals surface area contributed by atoms with Gasteiger partial charge >= 0.3 is 0 Å². The van der Waals surface area contributed by atoms with Crippen molar-refractivity contribution in [3.63, 3.8) is 0 Å². The molecule has 0 aliphatic carbocycles. The molecule has 4 heteroatoms. The zero-order valence-corrected chi connectivity index (χ0v) is 6.84. The van der Waals surface area contributed by atoms with Crippen LogP contribution >= 0.6 is 0 Å². The summed E-state index contributed by atoms with van der Waals surface area (Å²) in [6.07, 6.45) is 1.33. The topological polar surface area (TPSA) is 45.2 Å². The monoisotopic (exact) mass is 170 g/mol. The lowest BCUT2D eigenvalue weighted by Gasteiger charge is -2.07. The van der Waals surface area contributed by atoms with Crippen LogP contribution in [0.25, 0.3) is 0 Å². The van der Waals surface area contributed by atoms with Gasteiger partial charge in [0.15, 0.2) is 0 Å². The fourth-order valence-electron chi connectivity index (χ4n) is 0.939. The first-order valence-electron chi connectivity index (χ1n) is 3.77. The number of anilines is 1. The van der Waals surface area contributed by atoms with Gasteiger partial charge < -0.3 is 10.4 Å². The Kier molecular flexibility index (Phi) is 2.99. The van der Waals surface area contributed by atoms with Crippen molar-refractivity contribution in [3.8, 4) is 0 Å².